The Kier molecular flexibility index (Phi) is 7.86. The molecule has 1 atom stereocenters. The standard InChI is InChI=1S/C30H31N7O2/c1-3-4-5-10-27-31-29(20(2)22-15-17-24(18-16-22)30(38)39)37(34-27)19-21-11-13-23(14-12-21)25-8-6-7-9-26(25)28-32-35-36-33-28/h6-9,11-18,20H,3-5,10,19H2,1-2H3,(H,38,39)(H,32,33,35,36). The molecule has 0 fully saturated rings. The molecule has 2 aromatic heterocycles. The minimum atomic E-state index is -0.932. The number of rotatable bonds is 11. The van der Waals surface area contributed by atoms with E-state index in [0.717, 1.165) is 65.1 Å². The first kappa shape index (κ1) is 26.0. The summed E-state index contributed by atoms with van der Waals surface area (Å²) < 4.78 is 1.99. The highest BCUT2D eigenvalue weighted by atomic mass is 16.4. The Balaban J connectivity index is 1.41. The van der Waals surface area contributed by atoms with Crippen LogP contribution < -0.4 is 0 Å². The van der Waals surface area contributed by atoms with E-state index in [9.17, 15) is 9.90 Å². The number of aromatic nitrogens is 7. The smallest absolute Gasteiger partial charge is 0.335 e. The molecule has 0 aliphatic rings. The number of unbranched alkanes of at least 4 members (excludes halogenated alkanes) is 2. The number of tetrazole rings is 1. The number of carbonyl (C=O) groups is 1. The predicted octanol–water partition coefficient (Wildman–Crippen LogP) is 5.76. The van der Waals surface area contributed by atoms with E-state index >= 15 is 0 Å². The van der Waals surface area contributed by atoms with Gasteiger partial charge in [-0.05, 0) is 46.0 Å². The molecule has 0 spiro atoms. The van der Waals surface area contributed by atoms with Gasteiger partial charge in [-0.15, -0.1) is 10.2 Å². The first-order valence-corrected chi connectivity index (χ1v) is 13.2. The summed E-state index contributed by atoms with van der Waals surface area (Å²) in [6.07, 6.45) is 4.17. The van der Waals surface area contributed by atoms with Crippen molar-refractivity contribution >= 4 is 5.97 Å². The molecule has 0 saturated heterocycles. The molecule has 0 aliphatic carbocycles. The molecule has 39 heavy (non-hydrogen) atoms. The van der Waals surface area contributed by atoms with Crippen molar-refractivity contribution in [3.63, 3.8) is 0 Å². The van der Waals surface area contributed by atoms with Gasteiger partial charge in [-0.1, -0.05) is 87.4 Å². The summed E-state index contributed by atoms with van der Waals surface area (Å²) in [7, 11) is 0. The molecule has 0 aliphatic heterocycles. The molecule has 198 valence electrons. The molecule has 5 rings (SSSR count). The van der Waals surface area contributed by atoms with Crippen molar-refractivity contribution in [3.05, 3.63) is 101 Å². The van der Waals surface area contributed by atoms with Crippen LogP contribution in [0, 0.1) is 0 Å². The van der Waals surface area contributed by atoms with Crippen LogP contribution in [0.5, 0.6) is 0 Å². The molecule has 0 radical (unpaired) electrons. The lowest BCUT2D eigenvalue weighted by atomic mass is 9.98. The van der Waals surface area contributed by atoms with Crippen LogP contribution in [0.25, 0.3) is 22.5 Å². The van der Waals surface area contributed by atoms with E-state index in [0.29, 0.717) is 12.4 Å². The minimum Gasteiger partial charge on any atom is -0.478 e. The van der Waals surface area contributed by atoms with E-state index < -0.39 is 5.97 Å². The Morgan fingerprint density at radius 2 is 1.72 bits per heavy atom. The Morgan fingerprint density at radius 1 is 0.974 bits per heavy atom. The highest BCUT2D eigenvalue weighted by molar-refractivity contribution is 5.87. The Morgan fingerprint density at radius 3 is 2.38 bits per heavy atom. The van der Waals surface area contributed by atoms with Gasteiger partial charge in [0, 0.05) is 17.9 Å². The third-order valence-corrected chi connectivity index (χ3v) is 6.90. The summed E-state index contributed by atoms with van der Waals surface area (Å²) in [6.45, 7) is 4.86. The highest BCUT2D eigenvalue weighted by Crippen LogP contribution is 2.30. The quantitative estimate of drug-likeness (QED) is 0.212. The number of benzene rings is 3. The van der Waals surface area contributed by atoms with Gasteiger partial charge in [-0.2, -0.15) is 10.3 Å². The van der Waals surface area contributed by atoms with Crippen molar-refractivity contribution in [1.29, 1.82) is 0 Å². The van der Waals surface area contributed by atoms with Crippen molar-refractivity contribution in [1.82, 2.24) is 35.4 Å². The summed E-state index contributed by atoms with van der Waals surface area (Å²) in [5.41, 5.74) is 5.39. The van der Waals surface area contributed by atoms with Crippen LogP contribution in [0.15, 0.2) is 72.8 Å². The van der Waals surface area contributed by atoms with E-state index in [2.05, 4.69) is 64.8 Å². The maximum Gasteiger partial charge on any atom is 0.335 e. The number of nitrogens with zero attached hydrogens (tertiary/aromatic N) is 6. The molecular weight excluding hydrogens is 490 g/mol. The largest absolute Gasteiger partial charge is 0.478 e. The third kappa shape index (κ3) is 5.93. The van der Waals surface area contributed by atoms with Gasteiger partial charge in [-0.3, -0.25) is 0 Å². The number of hydrogen-bond acceptors (Lipinski definition) is 6. The lowest BCUT2D eigenvalue weighted by Gasteiger charge is -2.14. The lowest BCUT2D eigenvalue weighted by Crippen LogP contribution is -2.11. The summed E-state index contributed by atoms with van der Waals surface area (Å²) in [4.78, 5) is 16.2. The molecule has 2 N–H and O–H groups in total. The SMILES string of the molecule is CCCCCc1nc(C(C)c2ccc(C(=O)O)cc2)n(Cc2ccc(-c3ccccc3-c3nn[nH]n3)cc2)n1. The van der Waals surface area contributed by atoms with E-state index in [4.69, 9.17) is 10.1 Å². The summed E-state index contributed by atoms with van der Waals surface area (Å²) in [6, 6.07) is 23.4. The molecule has 0 amide bonds. The van der Waals surface area contributed by atoms with Crippen molar-refractivity contribution in [3.8, 4) is 22.5 Å². The number of carboxylic acids is 1. The second kappa shape index (κ2) is 11.8. The number of nitrogens with one attached hydrogen (secondary N) is 1. The zero-order valence-electron chi connectivity index (χ0n) is 22.1. The van der Waals surface area contributed by atoms with Gasteiger partial charge in [0.1, 0.15) is 5.82 Å². The lowest BCUT2D eigenvalue weighted by molar-refractivity contribution is 0.0697. The summed E-state index contributed by atoms with van der Waals surface area (Å²) >= 11 is 0. The number of aromatic amines is 1. The minimum absolute atomic E-state index is 0.0404. The summed E-state index contributed by atoms with van der Waals surface area (Å²) in [5, 5.41) is 28.7. The number of H-pyrrole nitrogens is 1. The summed E-state index contributed by atoms with van der Waals surface area (Å²) in [5.74, 6) is 1.30. The van der Waals surface area contributed by atoms with E-state index in [1.165, 1.54) is 0 Å². The molecule has 3 aromatic carbocycles. The fourth-order valence-corrected chi connectivity index (χ4v) is 4.71. The first-order valence-electron chi connectivity index (χ1n) is 13.2. The molecule has 0 saturated carbocycles. The van der Waals surface area contributed by atoms with Crippen LogP contribution in [-0.4, -0.2) is 46.5 Å². The van der Waals surface area contributed by atoms with Gasteiger partial charge in [-0.25, -0.2) is 14.5 Å². The van der Waals surface area contributed by atoms with Gasteiger partial charge in [0.25, 0.3) is 0 Å². The number of aromatic carboxylic acids is 1. The van der Waals surface area contributed by atoms with Crippen molar-refractivity contribution in [2.24, 2.45) is 0 Å². The second-order valence-electron chi connectivity index (χ2n) is 9.63. The van der Waals surface area contributed by atoms with Crippen molar-refractivity contribution in [2.75, 3.05) is 0 Å². The molecule has 9 heteroatoms. The van der Waals surface area contributed by atoms with Gasteiger partial charge in [0.05, 0.1) is 12.1 Å². The van der Waals surface area contributed by atoms with Crippen molar-refractivity contribution in [2.45, 2.75) is 52.0 Å². The molecule has 5 aromatic rings. The molecular formula is C30H31N7O2. The van der Waals surface area contributed by atoms with E-state index in [1.54, 1.807) is 12.1 Å². The van der Waals surface area contributed by atoms with Crippen LogP contribution in [0.2, 0.25) is 0 Å². The van der Waals surface area contributed by atoms with Crippen LogP contribution in [0.4, 0.5) is 0 Å². The Bertz CT molecular complexity index is 1520. The predicted molar refractivity (Wildman–Crippen MR) is 148 cm³/mol. The third-order valence-electron chi connectivity index (χ3n) is 6.90. The van der Waals surface area contributed by atoms with Gasteiger partial charge in [0.2, 0.25) is 5.82 Å². The highest BCUT2D eigenvalue weighted by Gasteiger charge is 2.19. The average Bonchev–Trinajstić information content (AvgIpc) is 3.64. The molecule has 9 nitrogen and oxygen atoms in total. The zero-order chi connectivity index (χ0) is 27.2. The Hall–Kier alpha value is -4.66. The monoisotopic (exact) mass is 521 g/mol. The van der Waals surface area contributed by atoms with Crippen LogP contribution in [0.3, 0.4) is 0 Å². The normalized spacial score (nSPS) is 11.9. The first-order chi connectivity index (χ1) is 19.0. The second-order valence-corrected chi connectivity index (χ2v) is 9.63. The zero-order valence-corrected chi connectivity index (χ0v) is 22.1. The fourth-order valence-electron chi connectivity index (χ4n) is 4.71. The maximum atomic E-state index is 11.3. The average molecular weight is 522 g/mol. The van der Waals surface area contributed by atoms with Crippen molar-refractivity contribution < 1.29 is 9.90 Å². The molecule has 2 heterocycles. The van der Waals surface area contributed by atoms with Gasteiger partial charge >= 0.3 is 5.97 Å². The number of carboxylic acid groups (broad SMARTS) is 1. The van der Waals surface area contributed by atoms with Crippen LogP contribution in [0.1, 0.15) is 72.2 Å². The maximum absolute atomic E-state index is 11.3. The number of aryl methyl sites for hydroxylation is 1. The van der Waals surface area contributed by atoms with Gasteiger partial charge in [0.15, 0.2) is 5.82 Å². The number of hydrogen-bond donors (Lipinski definition) is 2. The fraction of sp³-hybridized carbons (Fsp3) is 0.267. The van der Waals surface area contributed by atoms with Gasteiger partial charge < -0.3 is 5.11 Å². The van der Waals surface area contributed by atoms with E-state index in [-0.39, 0.29) is 11.5 Å². The molecule has 1 unspecified atom stereocenters. The van der Waals surface area contributed by atoms with Crippen LogP contribution >= 0.6 is 0 Å². The topological polar surface area (TPSA) is 122 Å². The van der Waals surface area contributed by atoms with Crippen LogP contribution in [-0.2, 0) is 13.0 Å². The Labute approximate surface area is 227 Å². The molecule has 0 bridgehead atoms. The van der Waals surface area contributed by atoms with E-state index in [1.807, 2.05) is 35.0 Å².